The Morgan fingerprint density at radius 1 is 0.867 bits per heavy atom. The van der Waals surface area contributed by atoms with E-state index in [1.807, 2.05) is 66.7 Å². The number of nitrogens with zero attached hydrogens (tertiary/aromatic N) is 1. The first-order valence-corrected chi connectivity index (χ1v) is 10.2. The predicted octanol–water partition coefficient (Wildman–Crippen LogP) is 5.73. The number of benzene rings is 4. The van der Waals surface area contributed by atoms with Crippen LogP contribution >= 0.6 is 0 Å². The van der Waals surface area contributed by atoms with Gasteiger partial charge in [-0.3, -0.25) is 4.79 Å². The minimum absolute atomic E-state index is 0.0904. The Kier molecular flexibility index (Phi) is 3.71. The van der Waals surface area contributed by atoms with E-state index >= 15 is 0 Å². The fourth-order valence-electron chi connectivity index (χ4n) is 4.48. The fourth-order valence-corrected chi connectivity index (χ4v) is 4.48. The zero-order valence-corrected chi connectivity index (χ0v) is 16.3. The third-order valence-electron chi connectivity index (χ3n) is 5.90. The Bertz CT molecular complexity index is 1400. The van der Waals surface area contributed by atoms with Crippen LogP contribution in [-0.2, 0) is 12.8 Å². The molecule has 4 aromatic carbocycles. The Labute approximate surface area is 173 Å². The van der Waals surface area contributed by atoms with E-state index in [2.05, 4.69) is 27.4 Å². The van der Waals surface area contributed by atoms with Crippen molar-refractivity contribution < 1.29 is 4.79 Å². The number of aromatic nitrogens is 2. The van der Waals surface area contributed by atoms with Crippen LogP contribution in [0.2, 0.25) is 0 Å². The predicted molar refractivity (Wildman–Crippen MR) is 121 cm³/mol. The van der Waals surface area contributed by atoms with Gasteiger partial charge in [0.2, 0.25) is 0 Å². The lowest BCUT2D eigenvalue weighted by Crippen LogP contribution is -2.12. The van der Waals surface area contributed by atoms with Crippen LogP contribution in [0.1, 0.15) is 21.5 Å². The van der Waals surface area contributed by atoms with Gasteiger partial charge in [-0.15, -0.1) is 0 Å². The van der Waals surface area contributed by atoms with Crippen LogP contribution in [0.25, 0.3) is 33.2 Å². The zero-order valence-electron chi connectivity index (χ0n) is 16.3. The lowest BCUT2D eigenvalue weighted by atomic mass is 9.99. The molecule has 0 saturated heterocycles. The quantitative estimate of drug-likeness (QED) is 0.414. The van der Waals surface area contributed by atoms with Gasteiger partial charge in [-0.1, -0.05) is 48.5 Å². The van der Waals surface area contributed by atoms with Gasteiger partial charge in [0, 0.05) is 16.8 Å². The van der Waals surface area contributed by atoms with Gasteiger partial charge in [0.1, 0.15) is 5.82 Å². The van der Waals surface area contributed by atoms with Gasteiger partial charge in [-0.2, -0.15) is 0 Å². The molecule has 1 heterocycles. The molecule has 0 spiro atoms. The molecule has 1 amide bonds. The molecule has 6 rings (SSSR count). The number of rotatable bonds is 3. The molecule has 2 N–H and O–H groups in total. The highest BCUT2D eigenvalue weighted by Gasteiger charge is 2.19. The van der Waals surface area contributed by atoms with Crippen LogP contribution in [0.15, 0.2) is 78.9 Å². The van der Waals surface area contributed by atoms with E-state index in [0.717, 1.165) is 46.3 Å². The standard InChI is InChI=1S/C26H19N3O/c30-26(21-14-13-17-12-11-16-5-4-8-20(21)24(16)17)27-19-7-3-6-18(15-19)25-28-22-9-1-2-10-23(22)29-25/h1-10,13-15H,11-12H2,(H,27,30)(H,28,29). The van der Waals surface area contributed by atoms with Crippen molar-refractivity contribution in [3.05, 3.63) is 95.6 Å². The maximum absolute atomic E-state index is 13.1. The minimum Gasteiger partial charge on any atom is -0.338 e. The summed E-state index contributed by atoms with van der Waals surface area (Å²) in [7, 11) is 0. The van der Waals surface area contributed by atoms with Gasteiger partial charge in [0.05, 0.1) is 11.0 Å². The second kappa shape index (κ2) is 6.56. The first-order valence-electron chi connectivity index (χ1n) is 10.2. The summed E-state index contributed by atoms with van der Waals surface area (Å²) in [5, 5.41) is 5.36. The van der Waals surface area contributed by atoms with E-state index in [1.54, 1.807) is 0 Å². The van der Waals surface area contributed by atoms with Crippen molar-refractivity contribution >= 4 is 33.4 Å². The average Bonchev–Trinajstić information content (AvgIpc) is 3.40. The van der Waals surface area contributed by atoms with Crippen LogP contribution in [0, 0.1) is 0 Å². The topological polar surface area (TPSA) is 57.8 Å². The normalized spacial score (nSPS) is 12.5. The lowest BCUT2D eigenvalue weighted by molar-refractivity contribution is 0.102. The number of aryl methyl sites for hydroxylation is 2. The lowest BCUT2D eigenvalue weighted by Gasteiger charge is -2.10. The number of carbonyl (C=O) groups excluding carboxylic acids is 1. The number of hydrogen-bond donors (Lipinski definition) is 2. The largest absolute Gasteiger partial charge is 0.338 e. The van der Waals surface area contributed by atoms with Crippen LogP contribution in [0.3, 0.4) is 0 Å². The van der Waals surface area contributed by atoms with Gasteiger partial charge in [-0.05, 0) is 65.1 Å². The number of amides is 1. The molecule has 1 aliphatic carbocycles. The maximum atomic E-state index is 13.1. The van der Waals surface area contributed by atoms with Crippen molar-refractivity contribution in [1.29, 1.82) is 0 Å². The van der Waals surface area contributed by atoms with Crippen molar-refractivity contribution in [2.24, 2.45) is 0 Å². The monoisotopic (exact) mass is 389 g/mol. The van der Waals surface area contributed by atoms with Crippen molar-refractivity contribution in [3.8, 4) is 11.4 Å². The number of imidazole rings is 1. The molecule has 4 nitrogen and oxygen atoms in total. The Balaban J connectivity index is 1.35. The Morgan fingerprint density at radius 3 is 2.60 bits per heavy atom. The molecule has 0 aliphatic heterocycles. The van der Waals surface area contributed by atoms with Crippen molar-refractivity contribution in [2.75, 3.05) is 5.32 Å². The molecule has 0 bridgehead atoms. The highest BCUT2D eigenvalue weighted by atomic mass is 16.1. The summed E-state index contributed by atoms with van der Waals surface area (Å²) >= 11 is 0. The summed E-state index contributed by atoms with van der Waals surface area (Å²) in [6.07, 6.45) is 2.11. The van der Waals surface area contributed by atoms with E-state index in [9.17, 15) is 4.79 Å². The molecule has 0 saturated carbocycles. The van der Waals surface area contributed by atoms with Crippen LogP contribution in [0.4, 0.5) is 5.69 Å². The summed E-state index contributed by atoms with van der Waals surface area (Å²) in [5.41, 5.74) is 7.00. The van der Waals surface area contributed by atoms with Crippen LogP contribution in [0.5, 0.6) is 0 Å². The van der Waals surface area contributed by atoms with Crippen molar-refractivity contribution in [2.45, 2.75) is 12.8 Å². The molecule has 4 heteroatoms. The molecule has 0 unspecified atom stereocenters. The molecule has 144 valence electrons. The molecule has 5 aromatic rings. The third kappa shape index (κ3) is 2.69. The highest BCUT2D eigenvalue weighted by molar-refractivity contribution is 6.14. The van der Waals surface area contributed by atoms with E-state index < -0.39 is 0 Å². The number of anilines is 1. The van der Waals surface area contributed by atoms with E-state index in [-0.39, 0.29) is 5.91 Å². The summed E-state index contributed by atoms with van der Waals surface area (Å²) < 4.78 is 0. The van der Waals surface area contributed by atoms with E-state index in [4.69, 9.17) is 0 Å². The number of nitrogens with one attached hydrogen (secondary N) is 2. The number of hydrogen-bond acceptors (Lipinski definition) is 2. The second-order valence-corrected chi connectivity index (χ2v) is 7.75. The summed E-state index contributed by atoms with van der Waals surface area (Å²) in [6, 6.07) is 26.0. The molecule has 1 aliphatic rings. The summed E-state index contributed by atoms with van der Waals surface area (Å²) in [5.74, 6) is 0.699. The molecular formula is C26H19N3O. The molecule has 30 heavy (non-hydrogen) atoms. The van der Waals surface area contributed by atoms with E-state index in [1.165, 1.54) is 16.5 Å². The molecule has 1 aromatic heterocycles. The summed E-state index contributed by atoms with van der Waals surface area (Å²) in [4.78, 5) is 21.1. The van der Waals surface area contributed by atoms with Gasteiger partial charge in [0.25, 0.3) is 5.91 Å². The molecular weight excluding hydrogens is 370 g/mol. The smallest absolute Gasteiger partial charge is 0.256 e. The van der Waals surface area contributed by atoms with Gasteiger partial charge in [0.15, 0.2) is 0 Å². The first kappa shape index (κ1) is 17.0. The summed E-state index contributed by atoms with van der Waals surface area (Å²) in [6.45, 7) is 0. The van der Waals surface area contributed by atoms with Gasteiger partial charge >= 0.3 is 0 Å². The first-order chi connectivity index (χ1) is 14.8. The van der Waals surface area contributed by atoms with Crippen molar-refractivity contribution in [1.82, 2.24) is 9.97 Å². The molecule has 0 atom stereocenters. The third-order valence-corrected chi connectivity index (χ3v) is 5.90. The molecule has 0 radical (unpaired) electrons. The number of carbonyl (C=O) groups is 1. The maximum Gasteiger partial charge on any atom is 0.256 e. The highest BCUT2D eigenvalue weighted by Crippen LogP contribution is 2.33. The number of para-hydroxylation sites is 2. The number of aromatic amines is 1. The van der Waals surface area contributed by atoms with Crippen LogP contribution in [-0.4, -0.2) is 15.9 Å². The minimum atomic E-state index is -0.0904. The fraction of sp³-hybridized carbons (Fsp3) is 0.0769. The number of fused-ring (bicyclic) bond motifs is 1. The SMILES string of the molecule is O=C(Nc1cccc(-c2nc3ccccc3[nH]2)c1)c1ccc2c3c(cccc13)CC2. The van der Waals surface area contributed by atoms with Crippen molar-refractivity contribution in [3.63, 3.8) is 0 Å². The molecule has 0 fully saturated rings. The Hall–Kier alpha value is -3.92. The average molecular weight is 389 g/mol. The zero-order chi connectivity index (χ0) is 20.1. The van der Waals surface area contributed by atoms with E-state index in [0.29, 0.717) is 5.56 Å². The second-order valence-electron chi connectivity index (χ2n) is 7.75. The van der Waals surface area contributed by atoms with Gasteiger partial charge < -0.3 is 10.3 Å². The number of H-pyrrole nitrogens is 1. The van der Waals surface area contributed by atoms with Crippen LogP contribution < -0.4 is 5.32 Å². The van der Waals surface area contributed by atoms with Gasteiger partial charge in [-0.25, -0.2) is 4.98 Å². The Morgan fingerprint density at radius 2 is 1.70 bits per heavy atom.